The number of hydrogen-bond donors (Lipinski definition) is 1. The second-order valence-electron chi connectivity index (χ2n) is 7.40. The lowest BCUT2D eigenvalue weighted by Crippen LogP contribution is -2.12. The van der Waals surface area contributed by atoms with E-state index in [9.17, 15) is 9.59 Å². The molecule has 0 aliphatic heterocycles. The number of hydrogen-bond acceptors (Lipinski definition) is 4. The average Bonchev–Trinajstić information content (AvgIpc) is 3.31. The molecular weight excluding hydrogens is 396 g/mol. The van der Waals surface area contributed by atoms with Crippen LogP contribution in [0.15, 0.2) is 47.8 Å². The highest BCUT2D eigenvalue weighted by Gasteiger charge is 2.23. The van der Waals surface area contributed by atoms with Crippen molar-refractivity contribution >= 4 is 44.0 Å². The molecule has 0 unspecified atom stereocenters. The number of rotatable bonds is 8. The van der Waals surface area contributed by atoms with Gasteiger partial charge in [-0.3, -0.25) is 9.59 Å². The van der Waals surface area contributed by atoms with E-state index in [1.54, 1.807) is 23.5 Å². The topological polar surface area (TPSA) is 74.3 Å². The number of thiophene rings is 1. The molecule has 0 aliphatic rings. The summed E-state index contributed by atoms with van der Waals surface area (Å²) in [6.45, 7) is 2.73. The Morgan fingerprint density at radius 2 is 1.97 bits per heavy atom. The van der Waals surface area contributed by atoms with Crippen molar-refractivity contribution < 1.29 is 14.3 Å². The van der Waals surface area contributed by atoms with Crippen LogP contribution in [0.4, 0.5) is 0 Å². The van der Waals surface area contributed by atoms with Crippen molar-refractivity contribution in [3.8, 4) is 0 Å². The van der Waals surface area contributed by atoms with Crippen LogP contribution >= 0.6 is 11.3 Å². The van der Waals surface area contributed by atoms with Crippen LogP contribution in [-0.2, 0) is 17.7 Å². The summed E-state index contributed by atoms with van der Waals surface area (Å²) < 4.78 is 8.54. The van der Waals surface area contributed by atoms with Gasteiger partial charge in [-0.15, -0.1) is 11.3 Å². The number of carbonyl (C=O) groups excluding carboxylic acids is 2. The second kappa shape index (κ2) is 8.42. The molecule has 0 saturated carbocycles. The lowest BCUT2D eigenvalue weighted by molar-refractivity contribution is 0.0848. The van der Waals surface area contributed by atoms with Crippen molar-refractivity contribution in [1.82, 2.24) is 4.57 Å². The van der Waals surface area contributed by atoms with Gasteiger partial charge in [0.1, 0.15) is 6.61 Å². The fraction of sp³-hybridized carbons (Fsp3) is 0.250. The number of aromatic nitrogens is 1. The molecule has 2 N–H and O–H groups in total. The van der Waals surface area contributed by atoms with Crippen molar-refractivity contribution in [2.24, 2.45) is 5.73 Å². The van der Waals surface area contributed by atoms with E-state index in [4.69, 9.17) is 10.5 Å². The molecule has 0 spiro atoms. The standard InChI is InChI=1S/C24H24N2O3S/c1-3-4-19-23(21(27)14-29-2)18-7-6-17(24(25)28)12-20(18)26(19)13-15-5-8-22-16(11-15)9-10-30-22/h5-12H,3-4,13-14H2,1-2H3,(H2,25,28). The quantitative estimate of drug-likeness (QED) is 0.417. The number of Topliss-reactive ketones (excluding diaryl/α,β-unsaturated/α-hetero) is 1. The van der Waals surface area contributed by atoms with E-state index in [1.165, 1.54) is 17.2 Å². The van der Waals surface area contributed by atoms with E-state index < -0.39 is 5.91 Å². The molecule has 2 heterocycles. The van der Waals surface area contributed by atoms with Gasteiger partial charge < -0.3 is 15.0 Å². The number of benzene rings is 2. The Morgan fingerprint density at radius 1 is 1.13 bits per heavy atom. The van der Waals surface area contributed by atoms with Crippen molar-refractivity contribution in [2.75, 3.05) is 13.7 Å². The Hall–Kier alpha value is -2.96. The van der Waals surface area contributed by atoms with Crippen LogP contribution in [-0.4, -0.2) is 30.0 Å². The molecule has 154 valence electrons. The van der Waals surface area contributed by atoms with Crippen LogP contribution in [0, 0.1) is 0 Å². The third-order valence-corrected chi connectivity index (χ3v) is 6.25. The Labute approximate surface area is 179 Å². The van der Waals surface area contributed by atoms with Crippen LogP contribution in [0.5, 0.6) is 0 Å². The zero-order valence-electron chi connectivity index (χ0n) is 17.1. The van der Waals surface area contributed by atoms with Gasteiger partial charge >= 0.3 is 0 Å². The Kier molecular flexibility index (Phi) is 5.70. The van der Waals surface area contributed by atoms with E-state index in [0.717, 1.165) is 35.0 Å². The summed E-state index contributed by atoms with van der Waals surface area (Å²) in [5.74, 6) is -0.532. The summed E-state index contributed by atoms with van der Waals surface area (Å²) in [4.78, 5) is 24.8. The number of amides is 1. The van der Waals surface area contributed by atoms with Gasteiger partial charge in [0.05, 0.1) is 5.52 Å². The van der Waals surface area contributed by atoms with E-state index in [2.05, 4.69) is 41.1 Å². The molecule has 2 aromatic carbocycles. The number of methoxy groups -OCH3 is 1. The van der Waals surface area contributed by atoms with Crippen LogP contribution < -0.4 is 5.73 Å². The lowest BCUT2D eigenvalue weighted by atomic mass is 10.0. The molecule has 0 aliphatic carbocycles. The maximum atomic E-state index is 13.0. The first-order valence-electron chi connectivity index (χ1n) is 9.96. The highest BCUT2D eigenvalue weighted by Crippen LogP contribution is 2.31. The first kappa shape index (κ1) is 20.3. The maximum Gasteiger partial charge on any atom is 0.248 e. The van der Waals surface area contributed by atoms with Gasteiger partial charge in [-0.05, 0) is 53.1 Å². The molecule has 0 radical (unpaired) electrons. The van der Waals surface area contributed by atoms with E-state index >= 15 is 0 Å². The van der Waals surface area contributed by atoms with Crippen LogP contribution in [0.3, 0.4) is 0 Å². The number of ketones is 1. The predicted octanol–water partition coefficient (Wildman–Crippen LogP) is 4.78. The number of nitrogens with zero attached hydrogens (tertiary/aromatic N) is 1. The van der Waals surface area contributed by atoms with Gasteiger partial charge in [0.2, 0.25) is 5.91 Å². The largest absolute Gasteiger partial charge is 0.377 e. The van der Waals surface area contributed by atoms with E-state index in [0.29, 0.717) is 17.7 Å². The minimum absolute atomic E-state index is 0.0221. The van der Waals surface area contributed by atoms with Gasteiger partial charge in [0, 0.05) is 40.6 Å². The second-order valence-corrected chi connectivity index (χ2v) is 8.35. The SMILES string of the molecule is CCCc1c(C(=O)COC)c2ccc(C(N)=O)cc2n1Cc1ccc2sccc2c1. The van der Waals surface area contributed by atoms with E-state index in [1.807, 2.05) is 6.07 Å². The summed E-state index contributed by atoms with van der Waals surface area (Å²) in [6, 6.07) is 13.9. The predicted molar refractivity (Wildman–Crippen MR) is 122 cm³/mol. The summed E-state index contributed by atoms with van der Waals surface area (Å²) in [6.07, 6.45) is 1.65. The molecular formula is C24H24N2O3S. The van der Waals surface area contributed by atoms with Crippen molar-refractivity contribution in [3.63, 3.8) is 0 Å². The monoisotopic (exact) mass is 420 g/mol. The molecule has 0 bridgehead atoms. The third kappa shape index (κ3) is 3.64. The van der Waals surface area contributed by atoms with Gasteiger partial charge in [-0.1, -0.05) is 25.5 Å². The highest BCUT2D eigenvalue weighted by molar-refractivity contribution is 7.17. The van der Waals surface area contributed by atoms with Crippen molar-refractivity contribution in [3.05, 3.63) is 70.2 Å². The average molecular weight is 421 g/mol. The molecule has 0 atom stereocenters. The number of carbonyl (C=O) groups is 2. The molecule has 5 nitrogen and oxygen atoms in total. The maximum absolute atomic E-state index is 13.0. The number of fused-ring (bicyclic) bond motifs is 2. The smallest absolute Gasteiger partial charge is 0.248 e. The fourth-order valence-corrected chi connectivity index (χ4v) is 4.82. The highest BCUT2D eigenvalue weighted by atomic mass is 32.1. The lowest BCUT2D eigenvalue weighted by Gasteiger charge is -2.12. The zero-order valence-corrected chi connectivity index (χ0v) is 17.9. The first-order valence-corrected chi connectivity index (χ1v) is 10.8. The summed E-state index contributed by atoms with van der Waals surface area (Å²) in [7, 11) is 1.53. The Balaban J connectivity index is 1.93. The van der Waals surface area contributed by atoms with Gasteiger partial charge in [-0.2, -0.15) is 0 Å². The normalized spacial score (nSPS) is 11.4. The van der Waals surface area contributed by atoms with Crippen LogP contribution in [0.2, 0.25) is 0 Å². The minimum Gasteiger partial charge on any atom is -0.377 e. The fourth-order valence-electron chi connectivity index (χ4n) is 4.04. The van der Waals surface area contributed by atoms with Crippen LogP contribution in [0.1, 0.15) is 45.3 Å². The Bertz CT molecular complexity index is 1250. The number of ether oxygens (including phenoxy) is 1. The first-order chi connectivity index (χ1) is 14.5. The van der Waals surface area contributed by atoms with Gasteiger partial charge in [0.15, 0.2) is 5.78 Å². The number of primary amides is 1. The third-order valence-electron chi connectivity index (χ3n) is 5.36. The summed E-state index contributed by atoms with van der Waals surface area (Å²) >= 11 is 1.72. The number of nitrogens with two attached hydrogens (primary N) is 1. The zero-order chi connectivity index (χ0) is 21.3. The molecule has 4 aromatic rings. The molecule has 2 aromatic heterocycles. The summed E-state index contributed by atoms with van der Waals surface area (Å²) in [5.41, 5.74) is 9.61. The van der Waals surface area contributed by atoms with Gasteiger partial charge in [0.25, 0.3) is 0 Å². The molecule has 0 fully saturated rings. The van der Waals surface area contributed by atoms with Crippen molar-refractivity contribution in [2.45, 2.75) is 26.3 Å². The van der Waals surface area contributed by atoms with Crippen LogP contribution in [0.25, 0.3) is 21.0 Å². The summed E-state index contributed by atoms with van der Waals surface area (Å²) in [5, 5.41) is 4.13. The Morgan fingerprint density at radius 3 is 2.70 bits per heavy atom. The van der Waals surface area contributed by atoms with Gasteiger partial charge in [-0.25, -0.2) is 0 Å². The molecule has 30 heavy (non-hydrogen) atoms. The molecule has 1 amide bonds. The molecule has 6 heteroatoms. The molecule has 4 rings (SSSR count). The van der Waals surface area contributed by atoms with Crippen molar-refractivity contribution in [1.29, 1.82) is 0 Å². The van der Waals surface area contributed by atoms with E-state index in [-0.39, 0.29) is 12.4 Å². The molecule has 0 saturated heterocycles. The minimum atomic E-state index is -0.480.